The van der Waals surface area contributed by atoms with E-state index >= 15 is 0 Å². The van der Waals surface area contributed by atoms with Gasteiger partial charge in [-0.3, -0.25) is 9.59 Å². The minimum absolute atomic E-state index is 0.000422. The zero-order valence-electron chi connectivity index (χ0n) is 12.1. The zero-order chi connectivity index (χ0) is 14.5. The lowest BCUT2D eigenvalue weighted by molar-refractivity contribution is -0.121. The number of hydrogen-bond acceptors (Lipinski definition) is 3. The molecule has 1 amide bonds. The lowest BCUT2D eigenvalue weighted by Crippen LogP contribution is -2.41. The Morgan fingerprint density at radius 2 is 1.85 bits per heavy atom. The van der Waals surface area contributed by atoms with E-state index in [9.17, 15) is 9.59 Å². The van der Waals surface area contributed by atoms with Crippen molar-refractivity contribution in [3.8, 4) is 0 Å². The maximum Gasteiger partial charge on any atom is 0.254 e. The zero-order valence-corrected chi connectivity index (χ0v) is 12.1. The summed E-state index contributed by atoms with van der Waals surface area (Å²) in [6.07, 6.45) is 0.323. The van der Waals surface area contributed by atoms with Crippen LogP contribution in [0.25, 0.3) is 0 Å². The molecule has 0 unspecified atom stereocenters. The highest BCUT2D eigenvalue weighted by molar-refractivity contribution is 5.97. The molecule has 0 saturated carbocycles. The summed E-state index contributed by atoms with van der Waals surface area (Å²) in [6, 6.07) is 7.39. The second-order valence-electron chi connectivity index (χ2n) is 5.36. The highest BCUT2D eigenvalue weighted by atomic mass is 16.5. The highest BCUT2D eigenvalue weighted by Gasteiger charge is 2.21. The molecular weight excluding hydrogens is 254 g/mol. The molecule has 1 aromatic carbocycles. The predicted octanol–water partition coefficient (Wildman–Crippen LogP) is 1.93. The number of amides is 1. The van der Waals surface area contributed by atoms with Crippen LogP contribution in [0, 0.1) is 5.92 Å². The summed E-state index contributed by atoms with van der Waals surface area (Å²) in [7, 11) is 0. The van der Waals surface area contributed by atoms with Crippen molar-refractivity contribution in [2.75, 3.05) is 26.3 Å². The molecule has 0 aromatic heterocycles. The van der Waals surface area contributed by atoms with Crippen LogP contribution in [0.15, 0.2) is 24.3 Å². The van der Waals surface area contributed by atoms with E-state index in [-0.39, 0.29) is 17.6 Å². The molecule has 0 radical (unpaired) electrons. The van der Waals surface area contributed by atoms with Crippen LogP contribution in [0.3, 0.4) is 0 Å². The molecule has 0 aliphatic carbocycles. The molecule has 4 heteroatoms. The fourth-order valence-corrected chi connectivity index (χ4v) is 2.21. The number of benzene rings is 1. The molecule has 0 N–H and O–H groups in total. The van der Waals surface area contributed by atoms with Crippen molar-refractivity contribution >= 4 is 11.7 Å². The van der Waals surface area contributed by atoms with E-state index in [1.807, 2.05) is 32.0 Å². The van der Waals surface area contributed by atoms with Gasteiger partial charge in [-0.25, -0.2) is 0 Å². The number of ketones is 1. The number of Topliss-reactive ketones (excluding diaryl/α,β-unsaturated/α-hetero) is 1. The Hall–Kier alpha value is -1.68. The summed E-state index contributed by atoms with van der Waals surface area (Å²) in [4.78, 5) is 26.2. The lowest BCUT2D eigenvalue weighted by atomic mass is 9.96. The Labute approximate surface area is 119 Å². The van der Waals surface area contributed by atoms with Crippen LogP contribution < -0.4 is 0 Å². The second kappa shape index (κ2) is 6.66. The second-order valence-corrected chi connectivity index (χ2v) is 5.36. The average Bonchev–Trinajstić information content (AvgIpc) is 2.48. The molecule has 0 spiro atoms. The normalized spacial score (nSPS) is 15.4. The third kappa shape index (κ3) is 3.45. The Bertz CT molecular complexity index is 490. The first kappa shape index (κ1) is 14.7. The monoisotopic (exact) mass is 275 g/mol. The van der Waals surface area contributed by atoms with Crippen LogP contribution in [-0.4, -0.2) is 42.9 Å². The van der Waals surface area contributed by atoms with Gasteiger partial charge in [0.15, 0.2) is 0 Å². The van der Waals surface area contributed by atoms with Crippen LogP contribution in [-0.2, 0) is 16.0 Å². The van der Waals surface area contributed by atoms with Gasteiger partial charge in [0.25, 0.3) is 5.91 Å². The topological polar surface area (TPSA) is 46.6 Å². The first-order valence-electron chi connectivity index (χ1n) is 7.07. The van der Waals surface area contributed by atoms with Crippen molar-refractivity contribution in [3.63, 3.8) is 0 Å². The predicted molar refractivity (Wildman–Crippen MR) is 76.7 cm³/mol. The van der Waals surface area contributed by atoms with Gasteiger partial charge in [-0.15, -0.1) is 0 Å². The lowest BCUT2D eigenvalue weighted by Gasteiger charge is -2.27. The summed E-state index contributed by atoms with van der Waals surface area (Å²) in [6.45, 7) is 6.16. The van der Waals surface area contributed by atoms with Crippen molar-refractivity contribution in [2.24, 2.45) is 5.92 Å². The average molecular weight is 275 g/mol. The number of hydrogen-bond donors (Lipinski definition) is 0. The van der Waals surface area contributed by atoms with Crippen LogP contribution in [0.5, 0.6) is 0 Å². The van der Waals surface area contributed by atoms with Gasteiger partial charge < -0.3 is 9.64 Å². The maximum atomic E-state index is 12.5. The van der Waals surface area contributed by atoms with Crippen molar-refractivity contribution in [2.45, 2.75) is 20.3 Å². The molecule has 1 aromatic rings. The maximum absolute atomic E-state index is 12.5. The molecule has 20 heavy (non-hydrogen) atoms. The van der Waals surface area contributed by atoms with Crippen molar-refractivity contribution < 1.29 is 14.3 Å². The molecule has 1 saturated heterocycles. The van der Waals surface area contributed by atoms with E-state index in [0.29, 0.717) is 38.3 Å². The van der Waals surface area contributed by atoms with Crippen LogP contribution in [0.4, 0.5) is 0 Å². The molecule has 108 valence electrons. The van der Waals surface area contributed by atoms with Gasteiger partial charge in [0.1, 0.15) is 5.78 Å². The third-order valence-electron chi connectivity index (χ3n) is 3.55. The van der Waals surface area contributed by atoms with E-state index in [4.69, 9.17) is 4.74 Å². The Balaban J connectivity index is 2.18. The van der Waals surface area contributed by atoms with Gasteiger partial charge >= 0.3 is 0 Å². The Morgan fingerprint density at radius 3 is 2.50 bits per heavy atom. The van der Waals surface area contributed by atoms with E-state index in [1.54, 1.807) is 11.0 Å². The number of carbonyl (C=O) groups is 2. The van der Waals surface area contributed by atoms with Gasteiger partial charge in [0.05, 0.1) is 13.2 Å². The van der Waals surface area contributed by atoms with E-state index in [1.165, 1.54) is 0 Å². The van der Waals surface area contributed by atoms with Gasteiger partial charge in [-0.2, -0.15) is 0 Å². The largest absolute Gasteiger partial charge is 0.378 e. The third-order valence-corrected chi connectivity index (χ3v) is 3.55. The molecule has 1 heterocycles. The first-order valence-corrected chi connectivity index (χ1v) is 7.07. The van der Waals surface area contributed by atoms with Gasteiger partial charge in [-0.1, -0.05) is 32.0 Å². The highest BCUT2D eigenvalue weighted by Crippen LogP contribution is 2.15. The van der Waals surface area contributed by atoms with Crippen LogP contribution in [0.1, 0.15) is 29.8 Å². The summed E-state index contributed by atoms with van der Waals surface area (Å²) < 4.78 is 5.26. The van der Waals surface area contributed by atoms with Gasteiger partial charge in [-0.05, 0) is 11.6 Å². The molecular formula is C16H21NO3. The fraction of sp³-hybridized carbons (Fsp3) is 0.500. The number of ether oxygens (including phenoxy) is 1. The number of rotatable bonds is 4. The smallest absolute Gasteiger partial charge is 0.254 e. The summed E-state index contributed by atoms with van der Waals surface area (Å²) >= 11 is 0. The number of carbonyl (C=O) groups excluding carboxylic acids is 2. The van der Waals surface area contributed by atoms with E-state index in [2.05, 4.69) is 0 Å². The summed E-state index contributed by atoms with van der Waals surface area (Å²) in [5.41, 5.74) is 1.46. The Kier molecular flexibility index (Phi) is 4.90. The van der Waals surface area contributed by atoms with E-state index < -0.39 is 0 Å². The molecule has 1 aliphatic rings. The summed E-state index contributed by atoms with van der Waals surface area (Å²) in [5, 5.41) is 0. The van der Waals surface area contributed by atoms with Crippen LogP contribution in [0.2, 0.25) is 0 Å². The Morgan fingerprint density at radius 1 is 1.20 bits per heavy atom. The number of nitrogens with zero attached hydrogens (tertiary/aromatic N) is 1. The minimum atomic E-state index is -0.0125. The molecule has 1 fully saturated rings. The molecule has 2 rings (SSSR count). The van der Waals surface area contributed by atoms with Crippen LogP contribution >= 0.6 is 0 Å². The molecule has 0 atom stereocenters. The van der Waals surface area contributed by atoms with Gasteiger partial charge in [0.2, 0.25) is 0 Å². The summed E-state index contributed by atoms with van der Waals surface area (Å²) in [5.74, 6) is 0.147. The minimum Gasteiger partial charge on any atom is -0.378 e. The SMILES string of the molecule is CC(C)C(=O)Cc1ccccc1C(=O)N1CCOCC1. The molecule has 4 nitrogen and oxygen atoms in total. The first-order chi connectivity index (χ1) is 9.59. The quantitative estimate of drug-likeness (QED) is 0.843. The van der Waals surface area contributed by atoms with Crippen molar-refractivity contribution in [1.82, 2.24) is 4.90 Å². The van der Waals surface area contributed by atoms with Crippen molar-refractivity contribution in [3.05, 3.63) is 35.4 Å². The van der Waals surface area contributed by atoms with E-state index in [0.717, 1.165) is 5.56 Å². The van der Waals surface area contributed by atoms with Gasteiger partial charge in [0, 0.05) is 31.0 Å². The standard InChI is InChI=1S/C16H21NO3/c1-12(2)15(18)11-13-5-3-4-6-14(13)16(19)17-7-9-20-10-8-17/h3-6,12H,7-11H2,1-2H3. The molecule has 0 bridgehead atoms. The fourth-order valence-electron chi connectivity index (χ4n) is 2.21. The molecule has 1 aliphatic heterocycles. The number of morpholine rings is 1. The van der Waals surface area contributed by atoms with Crippen molar-refractivity contribution in [1.29, 1.82) is 0 Å².